The van der Waals surface area contributed by atoms with Crippen LogP contribution in [0.3, 0.4) is 0 Å². The highest BCUT2D eigenvalue weighted by atomic mass is 19.4. The van der Waals surface area contributed by atoms with Crippen molar-refractivity contribution >= 4 is 29.6 Å². The van der Waals surface area contributed by atoms with Crippen molar-refractivity contribution < 1.29 is 22.7 Å². The molecule has 6 radical (unpaired) electrons. The zero-order valence-electron chi connectivity index (χ0n) is 18.4. The number of alkyl carbamates (subject to hydrolysis) is 1. The fourth-order valence-electron chi connectivity index (χ4n) is 2.84. The molecule has 1 amide bonds. The van der Waals surface area contributed by atoms with Crippen LogP contribution >= 0.6 is 0 Å². The fraction of sp³-hybridized carbons (Fsp3) is 0.526. The van der Waals surface area contributed by atoms with Crippen LogP contribution in [0.4, 0.5) is 18.0 Å². The third kappa shape index (κ3) is 6.70. The second-order valence-corrected chi connectivity index (χ2v) is 9.09. The van der Waals surface area contributed by atoms with Gasteiger partial charge in [0.05, 0.1) is 41.3 Å². The summed E-state index contributed by atoms with van der Waals surface area (Å²) >= 11 is 0. The second-order valence-electron chi connectivity index (χ2n) is 9.09. The van der Waals surface area contributed by atoms with Crippen LogP contribution in [-0.2, 0) is 22.7 Å². The Labute approximate surface area is 187 Å². The monoisotopic (exact) mass is 444 g/mol. The molecule has 0 fully saturated rings. The van der Waals surface area contributed by atoms with Crippen molar-refractivity contribution in [2.24, 2.45) is 0 Å². The molecule has 13 heteroatoms. The van der Waals surface area contributed by atoms with Crippen molar-refractivity contribution in [3.63, 3.8) is 0 Å². The Balaban J connectivity index is 2.50. The van der Waals surface area contributed by atoms with Gasteiger partial charge in [0.15, 0.2) is 5.69 Å². The summed E-state index contributed by atoms with van der Waals surface area (Å²) in [6.45, 7) is 8.09. The van der Waals surface area contributed by atoms with Crippen LogP contribution in [0.5, 0.6) is 0 Å². The Morgan fingerprint density at radius 1 is 1.12 bits per heavy atom. The number of hydrogen-bond acceptors (Lipinski definition) is 4. The van der Waals surface area contributed by atoms with Gasteiger partial charge < -0.3 is 14.6 Å². The highest BCUT2D eigenvalue weighted by Crippen LogP contribution is 2.32. The molecule has 7 nitrogen and oxygen atoms in total. The lowest BCUT2D eigenvalue weighted by Gasteiger charge is -2.29. The predicted octanol–water partition coefficient (Wildman–Crippen LogP) is 2.11. The van der Waals surface area contributed by atoms with Crippen molar-refractivity contribution in [2.45, 2.75) is 63.7 Å². The van der Waals surface area contributed by atoms with E-state index in [1.165, 1.54) is 6.07 Å². The molecule has 2 aromatic rings. The quantitative estimate of drug-likeness (QED) is 0.718. The number of halogens is 3. The molecule has 0 saturated heterocycles. The third-order valence-electron chi connectivity index (χ3n) is 4.08. The lowest BCUT2D eigenvalue weighted by atomic mass is 9.49. The average Bonchev–Trinajstić information content (AvgIpc) is 2.94. The maximum Gasteiger partial charge on any atom is 0.435 e. The van der Waals surface area contributed by atoms with E-state index in [-0.39, 0.29) is 17.8 Å². The molecule has 0 saturated carbocycles. The standard InChI is InChI=1S/C19H22B3F3N4O3/c1-16(2,3)32-15(31)26-17(4,5)10-29-12(8-13(27-29)18(23,24)25)11-6-7-14(30)28(9-11)19(20,21)22/h6-9H,10H2,1-5H3,(H,26,31). The highest BCUT2D eigenvalue weighted by Gasteiger charge is 2.36. The van der Waals surface area contributed by atoms with E-state index in [1.807, 2.05) is 0 Å². The summed E-state index contributed by atoms with van der Waals surface area (Å²) < 4.78 is 47.2. The Bertz CT molecular complexity index is 1050. The smallest absolute Gasteiger partial charge is 0.435 e. The molecular formula is C19H22B3F3N4O3. The number of nitrogens with zero attached hydrogens (tertiary/aromatic N) is 3. The van der Waals surface area contributed by atoms with Crippen LogP contribution in [-0.4, -0.2) is 55.1 Å². The number of hydrogen-bond donors (Lipinski definition) is 1. The number of ether oxygens (including phenoxy) is 1. The maximum atomic E-state index is 13.4. The lowest BCUT2D eigenvalue weighted by molar-refractivity contribution is -0.141. The van der Waals surface area contributed by atoms with Gasteiger partial charge in [-0.2, -0.15) is 18.3 Å². The summed E-state index contributed by atoms with van der Waals surface area (Å²) in [5.41, 5.74) is -3.44. The minimum Gasteiger partial charge on any atom is -0.444 e. The SMILES string of the molecule is [B]C([B])([B])n1cc(-c2cc(C(F)(F)F)nn2CC(C)(C)NC(=O)OC(C)(C)C)ccc1=O. The van der Waals surface area contributed by atoms with Crippen LogP contribution in [0, 0.1) is 0 Å². The van der Waals surface area contributed by atoms with E-state index in [4.69, 9.17) is 28.3 Å². The number of rotatable bonds is 5. The molecule has 0 spiro atoms. The number of nitrogens with one attached hydrogen (secondary N) is 1. The Hall–Kier alpha value is -2.59. The number of carbonyl (C=O) groups excluding carboxylic acids is 1. The molecule has 0 bridgehead atoms. The van der Waals surface area contributed by atoms with E-state index in [0.29, 0.717) is 0 Å². The molecule has 2 rings (SSSR count). The summed E-state index contributed by atoms with van der Waals surface area (Å²) in [7, 11) is 16.7. The number of pyridine rings is 1. The zero-order chi connectivity index (χ0) is 24.7. The molecule has 0 aliphatic carbocycles. The summed E-state index contributed by atoms with van der Waals surface area (Å²) in [5, 5.41) is 4.20. The normalized spacial score (nSPS) is 13.1. The molecular weight excluding hydrogens is 422 g/mol. The largest absolute Gasteiger partial charge is 0.444 e. The van der Waals surface area contributed by atoms with Crippen LogP contribution in [0.25, 0.3) is 11.3 Å². The van der Waals surface area contributed by atoms with Crippen LogP contribution < -0.4 is 10.9 Å². The number of carbonyl (C=O) groups is 1. The van der Waals surface area contributed by atoms with Crippen molar-refractivity contribution in [3.05, 3.63) is 40.4 Å². The molecule has 166 valence electrons. The van der Waals surface area contributed by atoms with Gasteiger partial charge in [-0.1, -0.05) is 5.24 Å². The van der Waals surface area contributed by atoms with Gasteiger partial charge in [-0.25, -0.2) is 4.79 Å². The molecule has 0 atom stereocenters. The second kappa shape index (κ2) is 8.40. The highest BCUT2D eigenvalue weighted by molar-refractivity contribution is 6.56. The Morgan fingerprint density at radius 3 is 2.22 bits per heavy atom. The van der Waals surface area contributed by atoms with Gasteiger partial charge >= 0.3 is 12.3 Å². The summed E-state index contributed by atoms with van der Waals surface area (Å²) in [6.07, 6.45) is -4.32. The van der Waals surface area contributed by atoms with E-state index >= 15 is 0 Å². The minimum atomic E-state index is -4.73. The van der Waals surface area contributed by atoms with Gasteiger partial charge in [0.2, 0.25) is 5.56 Å². The fourth-order valence-corrected chi connectivity index (χ4v) is 2.84. The number of amides is 1. The first-order chi connectivity index (χ1) is 14.3. The molecule has 0 aliphatic rings. The first-order valence-corrected chi connectivity index (χ1v) is 9.55. The van der Waals surface area contributed by atoms with Crippen molar-refractivity contribution in [3.8, 4) is 11.3 Å². The van der Waals surface area contributed by atoms with Gasteiger partial charge in [0.25, 0.3) is 0 Å². The zero-order valence-corrected chi connectivity index (χ0v) is 18.4. The van der Waals surface area contributed by atoms with Gasteiger partial charge in [-0.15, -0.1) is 0 Å². The van der Waals surface area contributed by atoms with Crippen LogP contribution in [0.2, 0.25) is 0 Å². The van der Waals surface area contributed by atoms with E-state index in [1.54, 1.807) is 34.6 Å². The lowest BCUT2D eigenvalue weighted by Crippen LogP contribution is -2.48. The summed E-state index contributed by atoms with van der Waals surface area (Å²) in [4.78, 5) is 24.2. The summed E-state index contributed by atoms with van der Waals surface area (Å²) in [6, 6.07) is 3.19. The predicted molar refractivity (Wildman–Crippen MR) is 116 cm³/mol. The van der Waals surface area contributed by atoms with Crippen LogP contribution in [0.1, 0.15) is 40.3 Å². The van der Waals surface area contributed by atoms with E-state index in [9.17, 15) is 22.8 Å². The number of aromatic nitrogens is 3. The van der Waals surface area contributed by atoms with Crippen LogP contribution in [0.15, 0.2) is 29.2 Å². The van der Waals surface area contributed by atoms with Gasteiger partial charge in [-0.05, 0) is 46.8 Å². The van der Waals surface area contributed by atoms with Crippen molar-refractivity contribution in [2.75, 3.05) is 0 Å². The molecule has 0 unspecified atom stereocenters. The average molecular weight is 444 g/mol. The Morgan fingerprint density at radius 2 is 1.72 bits per heavy atom. The van der Waals surface area contributed by atoms with E-state index < -0.39 is 39.9 Å². The van der Waals surface area contributed by atoms with Crippen molar-refractivity contribution in [1.29, 1.82) is 0 Å². The molecule has 32 heavy (non-hydrogen) atoms. The molecule has 0 aromatic carbocycles. The summed E-state index contributed by atoms with van der Waals surface area (Å²) in [5.74, 6) is 0. The van der Waals surface area contributed by atoms with Crippen molar-refractivity contribution in [1.82, 2.24) is 19.7 Å². The van der Waals surface area contributed by atoms with Gasteiger partial charge in [0.1, 0.15) is 5.60 Å². The topological polar surface area (TPSA) is 78.2 Å². The maximum absolute atomic E-state index is 13.4. The molecule has 1 N–H and O–H groups in total. The first-order valence-electron chi connectivity index (χ1n) is 9.55. The molecule has 0 aliphatic heterocycles. The van der Waals surface area contributed by atoms with E-state index in [0.717, 1.165) is 27.6 Å². The number of alkyl halides is 3. The minimum absolute atomic E-state index is 0.00869. The molecule has 2 heterocycles. The Kier molecular flexibility index (Phi) is 6.74. The van der Waals surface area contributed by atoms with Gasteiger partial charge in [-0.3, -0.25) is 9.48 Å². The van der Waals surface area contributed by atoms with E-state index in [2.05, 4.69) is 10.4 Å². The third-order valence-corrected chi connectivity index (χ3v) is 4.08. The molecule has 2 aromatic heterocycles. The first kappa shape index (κ1) is 25.7. The van der Waals surface area contributed by atoms with Gasteiger partial charge in [0, 0.05) is 17.8 Å².